The average Bonchev–Trinajstić information content (AvgIpc) is 3.60. The van der Waals surface area contributed by atoms with Gasteiger partial charge in [0.1, 0.15) is 29.1 Å². The van der Waals surface area contributed by atoms with Crippen molar-refractivity contribution < 1.29 is 17.9 Å². The molecule has 0 aliphatic carbocycles. The van der Waals surface area contributed by atoms with E-state index in [0.717, 1.165) is 53.2 Å². The molecule has 4 aromatic rings. The molecule has 0 radical (unpaired) electrons. The summed E-state index contributed by atoms with van der Waals surface area (Å²) in [5, 5.41) is 7.20. The number of imidazole rings is 1. The van der Waals surface area contributed by atoms with Gasteiger partial charge >= 0.3 is 0 Å². The number of hydrogen-bond acceptors (Lipinski definition) is 10. The molecule has 5 heterocycles. The third kappa shape index (κ3) is 5.80. The second kappa shape index (κ2) is 11.4. The summed E-state index contributed by atoms with van der Waals surface area (Å²) < 4.78 is 39.4. The molecule has 5 rings (SSSR count). The average molecular weight is 555 g/mol. The topological polar surface area (TPSA) is 139 Å². The molecular weight excluding hydrogens is 520 g/mol. The smallest absolute Gasteiger partial charge is 0.253 e. The van der Waals surface area contributed by atoms with E-state index in [9.17, 15) is 8.42 Å². The Morgan fingerprint density at radius 2 is 2.00 bits per heavy atom. The summed E-state index contributed by atoms with van der Waals surface area (Å²) in [4.78, 5) is 18.3. The van der Waals surface area contributed by atoms with Crippen LogP contribution in [-0.4, -0.2) is 60.8 Å². The van der Waals surface area contributed by atoms with Gasteiger partial charge in [0.15, 0.2) is 12.1 Å². The Balaban J connectivity index is 1.42. The van der Waals surface area contributed by atoms with Crippen LogP contribution in [0.25, 0.3) is 22.4 Å². The highest BCUT2D eigenvalue weighted by Gasteiger charge is 2.25. The Labute approximate surface area is 227 Å². The van der Waals surface area contributed by atoms with E-state index < -0.39 is 10.0 Å². The maximum atomic E-state index is 12.1. The number of fused-ring (bicyclic) bond motifs is 1. The van der Waals surface area contributed by atoms with E-state index in [1.807, 2.05) is 13.0 Å². The van der Waals surface area contributed by atoms with Crippen molar-refractivity contribution in [2.45, 2.75) is 71.8 Å². The van der Waals surface area contributed by atoms with Crippen LogP contribution in [0.2, 0.25) is 0 Å². The van der Waals surface area contributed by atoms with Gasteiger partial charge in [-0.3, -0.25) is 0 Å². The third-order valence-electron chi connectivity index (χ3n) is 6.87. The molecule has 0 saturated carbocycles. The molecule has 3 atom stereocenters. The van der Waals surface area contributed by atoms with Gasteiger partial charge in [-0.15, -0.1) is 0 Å². The van der Waals surface area contributed by atoms with Crippen molar-refractivity contribution >= 4 is 32.7 Å². The lowest BCUT2D eigenvalue weighted by Gasteiger charge is -2.27. The Hall–Kier alpha value is -3.42. The van der Waals surface area contributed by atoms with Crippen LogP contribution < -0.4 is 5.32 Å². The maximum Gasteiger partial charge on any atom is 0.253 e. The molecule has 208 valence electrons. The highest BCUT2D eigenvalue weighted by Crippen LogP contribution is 2.31. The Kier molecular flexibility index (Phi) is 7.91. The molecule has 0 bridgehead atoms. The first kappa shape index (κ1) is 27.2. The van der Waals surface area contributed by atoms with Crippen molar-refractivity contribution in [1.82, 2.24) is 33.7 Å². The van der Waals surface area contributed by atoms with Crippen LogP contribution in [0.5, 0.6) is 0 Å². The lowest BCUT2D eigenvalue weighted by molar-refractivity contribution is -0.188. The first-order chi connectivity index (χ1) is 18.8. The number of ether oxygens (including phenoxy) is 2. The van der Waals surface area contributed by atoms with Gasteiger partial charge in [0.2, 0.25) is 0 Å². The molecule has 1 aliphatic rings. The summed E-state index contributed by atoms with van der Waals surface area (Å²) in [5.74, 6) is 2.24. The summed E-state index contributed by atoms with van der Waals surface area (Å²) in [6.45, 7) is 8.62. The normalized spacial score (nSPS) is 17.8. The van der Waals surface area contributed by atoms with Crippen LogP contribution in [0, 0.1) is 0 Å². The molecule has 39 heavy (non-hydrogen) atoms. The van der Waals surface area contributed by atoms with Crippen molar-refractivity contribution in [3.8, 4) is 11.4 Å². The molecule has 0 aromatic carbocycles. The van der Waals surface area contributed by atoms with Crippen LogP contribution in [0.3, 0.4) is 0 Å². The van der Waals surface area contributed by atoms with E-state index in [1.165, 1.54) is 12.4 Å². The predicted octanol–water partition coefficient (Wildman–Crippen LogP) is 4.60. The zero-order chi connectivity index (χ0) is 27.6. The fourth-order valence-electron chi connectivity index (χ4n) is 4.53. The molecule has 12 nitrogen and oxygen atoms in total. The van der Waals surface area contributed by atoms with Gasteiger partial charge in [-0.25, -0.2) is 28.4 Å². The summed E-state index contributed by atoms with van der Waals surface area (Å²) in [5.41, 5.74) is 2.22. The number of anilines is 2. The molecule has 1 fully saturated rings. The number of hydrogen-bond donors (Lipinski definition) is 1. The first-order valence-corrected chi connectivity index (χ1v) is 14.9. The lowest BCUT2D eigenvalue weighted by atomic mass is 10.2. The zero-order valence-corrected chi connectivity index (χ0v) is 23.4. The van der Waals surface area contributed by atoms with Gasteiger partial charge in [0.25, 0.3) is 10.0 Å². The number of pyridine rings is 1. The molecule has 1 unspecified atom stereocenters. The second-order valence-corrected chi connectivity index (χ2v) is 11.7. The minimum atomic E-state index is -3.49. The summed E-state index contributed by atoms with van der Waals surface area (Å²) in [6.07, 6.45) is 9.72. The van der Waals surface area contributed by atoms with Crippen molar-refractivity contribution in [2.24, 2.45) is 0 Å². The largest absolute Gasteiger partial charge is 0.353 e. The molecule has 0 amide bonds. The number of rotatable bonds is 10. The van der Waals surface area contributed by atoms with Crippen LogP contribution in [0.15, 0.2) is 36.9 Å². The van der Waals surface area contributed by atoms with E-state index in [0.29, 0.717) is 23.0 Å². The van der Waals surface area contributed by atoms with Crippen LogP contribution in [0.1, 0.15) is 71.3 Å². The quantitative estimate of drug-likeness (QED) is 0.296. The predicted molar refractivity (Wildman–Crippen MR) is 147 cm³/mol. The van der Waals surface area contributed by atoms with Gasteiger partial charge < -0.3 is 19.4 Å². The van der Waals surface area contributed by atoms with Gasteiger partial charge in [-0.05, 0) is 52.5 Å². The fraction of sp³-hybridized carbons (Fsp3) is 0.500. The van der Waals surface area contributed by atoms with Crippen LogP contribution in [0.4, 0.5) is 11.6 Å². The Morgan fingerprint density at radius 3 is 2.74 bits per heavy atom. The Morgan fingerprint density at radius 1 is 1.15 bits per heavy atom. The Bertz CT molecular complexity index is 1540. The molecule has 1 aliphatic heterocycles. The van der Waals surface area contributed by atoms with E-state index >= 15 is 0 Å². The monoisotopic (exact) mass is 554 g/mol. The fourth-order valence-corrected chi connectivity index (χ4v) is 5.26. The van der Waals surface area contributed by atoms with Gasteiger partial charge in [0, 0.05) is 24.9 Å². The molecule has 1 N–H and O–H groups in total. The summed E-state index contributed by atoms with van der Waals surface area (Å²) in [6, 6.07) is 3.87. The third-order valence-corrected chi connectivity index (χ3v) is 8.37. The number of aromatic nitrogens is 7. The van der Waals surface area contributed by atoms with E-state index in [1.54, 1.807) is 25.4 Å². The second-order valence-electron chi connectivity index (χ2n) is 9.62. The van der Waals surface area contributed by atoms with Crippen LogP contribution in [-0.2, 0) is 19.5 Å². The van der Waals surface area contributed by atoms with Crippen LogP contribution >= 0.6 is 0 Å². The highest BCUT2D eigenvalue weighted by atomic mass is 32.2. The molecule has 1 saturated heterocycles. The van der Waals surface area contributed by atoms with Crippen molar-refractivity contribution in [3.05, 3.63) is 42.7 Å². The van der Waals surface area contributed by atoms with Gasteiger partial charge in [0.05, 0.1) is 35.4 Å². The molecule has 4 aromatic heterocycles. The molecule has 0 spiro atoms. The zero-order valence-electron chi connectivity index (χ0n) is 22.6. The number of nitrogens with zero attached hydrogens (tertiary/aromatic N) is 7. The van der Waals surface area contributed by atoms with Gasteiger partial charge in [-0.1, -0.05) is 6.92 Å². The van der Waals surface area contributed by atoms with Crippen molar-refractivity contribution in [3.63, 3.8) is 0 Å². The number of nitrogens with one attached hydrogen (secondary N) is 1. The molecular formula is C26H34N8O4S. The standard InChI is InChI=1S/C26H34N8O4S/c1-5-17(3)34-21-13-23(28-15-20(21)30-26(34)18(4)38-24-9-7-8-12-37-24)31-22-10-11-27-25(32-22)19-14-29-33(16-19)39(35,36)6-2/h10-11,13-18,24H,5-9,12H2,1-4H3,(H,27,28,31,32)/t17-,18?,24-/m1/s1. The van der Waals surface area contributed by atoms with Crippen molar-refractivity contribution in [1.29, 1.82) is 0 Å². The minimum Gasteiger partial charge on any atom is -0.353 e. The van der Waals surface area contributed by atoms with E-state index in [2.05, 4.69) is 43.8 Å². The summed E-state index contributed by atoms with van der Waals surface area (Å²) in [7, 11) is -3.49. The molecule has 13 heteroatoms. The maximum absolute atomic E-state index is 12.1. The van der Waals surface area contributed by atoms with E-state index in [-0.39, 0.29) is 24.2 Å². The SMILES string of the molecule is CC[C@@H](C)n1c(C(C)O[C@@H]2CCCCO2)nc2cnc(Nc3ccnc(-c4cnn(S(=O)(=O)CC)c4)n3)cc21. The highest BCUT2D eigenvalue weighted by molar-refractivity contribution is 7.89. The minimum absolute atomic E-state index is 0.0566. The van der Waals surface area contributed by atoms with Gasteiger partial charge in [-0.2, -0.15) is 9.19 Å². The van der Waals surface area contributed by atoms with E-state index in [4.69, 9.17) is 14.5 Å². The first-order valence-electron chi connectivity index (χ1n) is 13.3. The summed E-state index contributed by atoms with van der Waals surface area (Å²) >= 11 is 0. The van der Waals surface area contributed by atoms with Crippen molar-refractivity contribution in [2.75, 3.05) is 17.7 Å². The lowest BCUT2D eigenvalue weighted by Crippen LogP contribution is -2.25.